The van der Waals surface area contributed by atoms with E-state index < -0.39 is 0 Å². The molecule has 4 nitrogen and oxygen atoms in total. The highest BCUT2D eigenvalue weighted by molar-refractivity contribution is 7.98. The third kappa shape index (κ3) is 5.00. The van der Waals surface area contributed by atoms with Gasteiger partial charge in [0.25, 0.3) is 0 Å². The lowest BCUT2D eigenvalue weighted by atomic mass is 10.1. The Morgan fingerprint density at radius 1 is 1.18 bits per heavy atom. The Balaban J connectivity index is 1.79. The molecule has 22 heavy (non-hydrogen) atoms. The maximum absolute atomic E-state index is 11.9. The minimum atomic E-state index is -0.193. The number of benzene rings is 2. The first-order chi connectivity index (χ1) is 10.7. The fraction of sp³-hybridized carbons (Fsp3) is 0.235. The molecule has 0 unspecified atom stereocenters. The van der Waals surface area contributed by atoms with Crippen LogP contribution in [0.2, 0.25) is 0 Å². The Hall–Kier alpha value is -2.14. The standard InChI is InChI=1S/C17H20N2O2S/c1-21-15-7-3-5-13(11-15)9-10-18-17(20)19-14-6-4-8-16(12-14)22-2/h3-8,11-12H,9-10H2,1-2H3,(H2,18,19,20). The molecule has 2 aromatic rings. The number of ether oxygens (including phenoxy) is 1. The van der Waals surface area contributed by atoms with Gasteiger partial charge >= 0.3 is 6.03 Å². The maximum Gasteiger partial charge on any atom is 0.319 e. The van der Waals surface area contributed by atoms with Crippen LogP contribution in [0, 0.1) is 0 Å². The van der Waals surface area contributed by atoms with E-state index in [0.29, 0.717) is 6.54 Å². The van der Waals surface area contributed by atoms with E-state index in [4.69, 9.17) is 4.74 Å². The van der Waals surface area contributed by atoms with Crippen LogP contribution in [0.4, 0.5) is 10.5 Å². The smallest absolute Gasteiger partial charge is 0.319 e. The summed E-state index contributed by atoms with van der Waals surface area (Å²) < 4.78 is 5.18. The zero-order valence-corrected chi connectivity index (χ0v) is 13.6. The van der Waals surface area contributed by atoms with Gasteiger partial charge in [-0.2, -0.15) is 0 Å². The quantitative estimate of drug-likeness (QED) is 0.797. The molecular weight excluding hydrogens is 296 g/mol. The van der Waals surface area contributed by atoms with Crippen LogP contribution in [0.25, 0.3) is 0 Å². The van der Waals surface area contributed by atoms with Crippen molar-refractivity contribution in [1.82, 2.24) is 5.32 Å². The van der Waals surface area contributed by atoms with Gasteiger partial charge in [0.05, 0.1) is 7.11 Å². The summed E-state index contributed by atoms with van der Waals surface area (Å²) >= 11 is 1.65. The van der Waals surface area contributed by atoms with Gasteiger partial charge in [-0.05, 0) is 48.6 Å². The molecule has 2 N–H and O–H groups in total. The number of amides is 2. The largest absolute Gasteiger partial charge is 0.497 e. The topological polar surface area (TPSA) is 50.4 Å². The predicted molar refractivity (Wildman–Crippen MR) is 91.9 cm³/mol. The highest BCUT2D eigenvalue weighted by atomic mass is 32.2. The van der Waals surface area contributed by atoms with Crippen molar-refractivity contribution < 1.29 is 9.53 Å². The summed E-state index contributed by atoms with van der Waals surface area (Å²) in [7, 11) is 1.65. The fourth-order valence-electron chi connectivity index (χ4n) is 2.02. The number of thioether (sulfide) groups is 1. The third-order valence-corrected chi connectivity index (χ3v) is 3.89. The van der Waals surface area contributed by atoms with Crippen molar-refractivity contribution in [3.05, 3.63) is 54.1 Å². The van der Waals surface area contributed by atoms with E-state index in [2.05, 4.69) is 10.6 Å². The van der Waals surface area contributed by atoms with Gasteiger partial charge in [-0.25, -0.2) is 4.79 Å². The Morgan fingerprint density at radius 3 is 2.77 bits per heavy atom. The number of carbonyl (C=O) groups excluding carboxylic acids is 1. The molecule has 0 aliphatic rings. The van der Waals surface area contributed by atoms with Crippen LogP contribution in [0.15, 0.2) is 53.4 Å². The lowest BCUT2D eigenvalue weighted by Crippen LogP contribution is -2.30. The van der Waals surface area contributed by atoms with Crippen molar-refractivity contribution in [3.63, 3.8) is 0 Å². The van der Waals surface area contributed by atoms with E-state index >= 15 is 0 Å². The highest BCUT2D eigenvalue weighted by Gasteiger charge is 2.02. The highest BCUT2D eigenvalue weighted by Crippen LogP contribution is 2.18. The zero-order chi connectivity index (χ0) is 15.8. The number of methoxy groups -OCH3 is 1. The molecule has 2 amide bonds. The molecule has 5 heteroatoms. The van der Waals surface area contributed by atoms with Crippen molar-refractivity contribution in [3.8, 4) is 5.75 Å². The summed E-state index contributed by atoms with van der Waals surface area (Å²) in [5.41, 5.74) is 1.93. The van der Waals surface area contributed by atoms with E-state index in [9.17, 15) is 4.79 Å². The second-order valence-electron chi connectivity index (χ2n) is 4.71. The van der Waals surface area contributed by atoms with Crippen LogP contribution >= 0.6 is 11.8 Å². The van der Waals surface area contributed by atoms with Gasteiger partial charge in [-0.1, -0.05) is 18.2 Å². The average molecular weight is 316 g/mol. The number of rotatable bonds is 6. The maximum atomic E-state index is 11.9. The van der Waals surface area contributed by atoms with Gasteiger partial charge in [0.1, 0.15) is 5.75 Å². The van der Waals surface area contributed by atoms with Gasteiger partial charge in [0, 0.05) is 17.1 Å². The van der Waals surface area contributed by atoms with Crippen LogP contribution in [-0.4, -0.2) is 25.9 Å². The molecule has 0 saturated heterocycles. The van der Waals surface area contributed by atoms with E-state index in [1.807, 2.05) is 54.8 Å². The number of anilines is 1. The molecule has 0 atom stereocenters. The monoisotopic (exact) mass is 316 g/mol. The first-order valence-electron chi connectivity index (χ1n) is 7.03. The second kappa shape index (κ2) is 8.34. The molecule has 0 spiro atoms. The van der Waals surface area contributed by atoms with E-state index in [1.165, 1.54) is 0 Å². The second-order valence-corrected chi connectivity index (χ2v) is 5.59. The van der Waals surface area contributed by atoms with Gasteiger partial charge in [0.2, 0.25) is 0 Å². The fourth-order valence-corrected chi connectivity index (χ4v) is 2.48. The van der Waals surface area contributed by atoms with Crippen LogP contribution in [0.3, 0.4) is 0 Å². The van der Waals surface area contributed by atoms with Crippen LogP contribution in [0.1, 0.15) is 5.56 Å². The molecule has 2 rings (SSSR count). The molecule has 0 saturated carbocycles. The first kappa shape index (κ1) is 16.2. The Labute approximate surface area is 135 Å². The van der Waals surface area contributed by atoms with Crippen molar-refractivity contribution in [1.29, 1.82) is 0 Å². The van der Waals surface area contributed by atoms with Crippen LogP contribution in [0.5, 0.6) is 5.75 Å². The molecular formula is C17H20N2O2S. The van der Waals surface area contributed by atoms with E-state index in [1.54, 1.807) is 18.9 Å². The lowest BCUT2D eigenvalue weighted by Gasteiger charge is -2.09. The molecule has 0 radical (unpaired) electrons. The van der Waals surface area contributed by atoms with E-state index in [0.717, 1.165) is 28.3 Å². The zero-order valence-electron chi connectivity index (χ0n) is 12.8. The van der Waals surface area contributed by atoms with Crippen LogP contribution in [-0.2, 0) is 6.42 Å². The van der Waals surface area contributed by atoms with Gasteiger partial charge < -0.3 is 15.4 Å². The number of carbonyl (C=O) groups is 1. The SMILES string of the molecule is COc1cccc(CCNC(=O)Nc2cccc(SC)c2)c1. The van der Waals surface area contributed by atoms with Crippen LogP contribution < -0.4 is 15.4 Å². The molecule has 0 aliphatic heterocycles. The van der Waals surface area contributed by atoms with Crippen molar-refractivity contribution >= 4 is 23.5 Å². The van der Waals surface area contributed by atoms with Crippen molar-refractivity contribution in [2.24, 2.45) is 0 Å². The van der Waals surface area contributed by atoms with Gasteiger partial charge in [-0.3, -0.25) is 0 Å². The Kier molecular flexibility index (Phi) is 6.15. The van der Waals surface area contributed by atoms with Gasteiger partial charge in [-0.15, -0.1) is 11.8 Å². The summed E-state index contributed by atoms with van der Waals surface area (Å²) in [6, 6.07) is 15.4. The molecule has 116 valence electrons. The summed E-state index contributed by atoms with van der Waals surface area (Å²) in [6.45, 7) is 0.571. The summed E-state index contributed by atoms with van der Waals surface area (Å²) in [5.74, 6) is 0.829. The third-order valence-electron chi connectivity index (χ3n) is 3.16. The number of hydrogen-bond donors (Lipinski definition) is 2. The molecule has 2 aromatic carbocycles. The minimum absolute atomic E-state index is 0.193. The summed E-state index contributed by atoms with van der Waals surface area (Å²) in [6.07, 6.45) is 2.77. The summed E-state index contributed by atoms with van der Waals surface area (Å²) in [5, 5.41) is 5.69. The normalized spacial score (nSPS) is 10.1. The molecule has 0 bridgehead atoms. The number of urea groups is 1. The van der Waals surface area contributed by atoms with Crippen molar-refractivity contribution in [2.75, 3.05) is 25.2 Å². The minimum Gasteiger partial charge on any atom is -0.497 e. The first-order valence-corrected chi connectivity index (χ1v) is 8.25. The lowest BCUT2D eigenvalue weighted by molar-refractivity contribution is 0.252. The van der Waals surface area contributed by atoms with E-state index in [-0.39, 0.29) is 6.03 Å². The Bertz CT molecular complexity index is 632. The molecule has 0 fully saturated rings. The summed E-state index contributed by atoms with van der Waals surface area (Å²) in [4.78, 5) is 13.0. The predicted octanol–water partition coefficient (Wildman–Crippen LogP) is 3.78. The molecule has 0 heterocycles. The Morgan fingerprint density at radius 2 is 2.00 bits per heavy atom. The van der Waals surface area contributed by atoms with Crippen molar-refractivity contribution in [2.45, 2.75) is 11.3 Å². The van der Waals surface area contributed by atoms with Gasteiger partial charge in [0.15, 0.2) is 0 Å². The molecule has 0 aliphatic carbocycles. The molecule has 0 aromatic heterocycles. The number of nitrogens with one attached hydrogen (secondary N) is 2. The number of hydrogen-bond acceptors (Lipinski definition) is 3. The average Bonchev–Trinajstić information content (AvgIpc) is 2.55.